The van der Waals surface area contributed by atoms with E-state index >= 15 is 0 Å². The molecule has 124 valence electrons. The highest BCUT2D eigenvalue weighted by molar-refractivity contribution is 5.95. The fourth-order valence-electron chi connectivity index (χ4n) is 2.55. The molecule has 2 N–H and O–H groups in total. The van der Waals surface area contributed by atoms with Crippen molar-refractivity contribution in [3.8, 4) is 11.5 Å². The quantitative estimate of drug-likeness (QED) is 0.811. The first-order valence-electron chi connectivity index (χ1n) is 7.78. The maximum absolute atomic E-state index is 12.0. The lowest BCUT2D eigenvalue weighted by Gasteiger charge is -2.11. The molecule has 0 bridgehead atoms. The van der Waals surface area contributed by atoms with Crippen LogP contribution in [0, 0.1) is 0 Å². The molecule has 0 radical (unpaired) electrons. The SMILES string of the molecule is O=C(CCNC(=O)c1ccc2c(c1)OCO2)NCC1CCCO1. The Hall–Kier alpha value is -2.28. The van der Waals surface area contributed by atoms with E-state index in [9.17, 15) is 9.59 Å². The van der Waals surface area contributed by atoms with Crippen LogP contribution in [-0.4, -0.2) is 44.4 Å². The number of carbonyl (C=O) groups is 2. The van der Waals surface area contributed by atoms with Gasteiger partial charge in [0.15, 0.2) is 11.5 Å². The highest BCUT2D eigenvalue weighted by atomic mass is 16.7. The minimum absolute atomic E-state index is 0.0912. The van der Waals surface area contributed by atoms with Crippen molar-refractivity contribution in [2.45, 2.75) is 25.4 Å². The van der Waals surface area contributed by atoms with E-state index in [-0.39, 0.29) is 37.7 Å². The number of ether oxygens (including phenoxy) is 3. The first-order valence-corrected chi connectivity index (χ1v) is 7.78. The summed E-state index contributed by atoms with van der Waals surface area (Å²) in [5, 5.41) is 5.54. The molecule has 1 aromatic carbocycles. The Morgan fingerprint density at radius 3 is 2.87 bits per heavy atom. The van der Waals surface area contributed by atoms with Crippen LogP contribution in [0.2, 0.25) is 0 Å². The van der Waals surface area contributed by atoms with Crippen LogP contribution in [0.1, 0.15) is 29.6 Å². The first kappa shape index (κ1) is 15.6. The lowest BCUT2D eigenvalue weighted by molar-refractivity contribution is -0.121. The summed E-state index contributed by atoms with van der Waals surface area (Å²) in [6, 6.07) is 5.00. The first-order chi connectivity index (χ1) is 11.2. The third-order valence-electron chi connectivity index (χ3n) is 3.82. The van der Waals surface area contributed by atoms with E-state index in [4.69, 9.17) is 14.2 Å². The second-order valence-electron chi connectivity index (χ2n) is 5.51. The average Bonchev–Trinajstić information content (AvgIpc) is 3.23. The fourth-order valence-corrected chi connectivity index (χ4v) is 2.55. The third-order valence-corrected chi connectivity index (χ3v) is 3.82. The Morgan fingerprint density at radius 2 is 2.04 bits per heavy atom. The van der Waals surface area contributed by atoms with Gasteiger partial charge in [0.2, 0.25) is 12.7 Å². The van der Waals surface area contributed by atoms with E-state index < -0.39 is 0 Å². The van der Waals surface area contributed by atoms with Crippen molar-refractivity contribution >= 4 is 11.8 Å². The maximum atomic E-state index is 12.0. The van der Waals surface area contributed by atoms with Gasteiger partial charge in [0.1, 0.15) is 0 Å². The molecule has 2 heterocycles. The van der Waals surface area contributed by atoms with Crippen LogP contribution >= 0.6 is 0 Å². The molecule has 2 aliphatic heterocycles. The van der Waals surface area contributed by atoms with Crippen molar-refractivity contribution in [3.05, 3.63) is 23.8 Å². The largest absolute Gasteiger partial charge is 0.454 e. The van der Waals surface area contributed by atoms with E-state index in [2.05, 4.69) is 10.6 Å². The van der Waals surface area contributed by atoms with Crippen LogP contribution in [0.4, 0.5) is 0 Å². The van der Waals surface area contributed by atoms with Gasteiger partial charge >= 0.3 is 0 Å². The van der Waals surface area contributed by atoms with Gasteiger partial charge < -0.3 is 24.8 Å². The van der Waals surface area contributed by atoms with E-state index in [0.717, 1.165) is 19.4 Å². The highest BCUT2D eigenvalue weighted by Gasteiger charge is 2.17. The Kier molecular flexibility index (Phi) is 4.97. The summed E-state index contributed by atoms with van der Waals surface area (Å²) in [6.45, 7) is 1.76. The van der Waals surface area contributed by atoms with Gasteiger partial charge in [-0.2, -0.15) is 0 Å². The Morgan fingerprint density at radius 1 is 1.17 bits per heavy atom. The predicted octanol–water partition coefficient (Wildman–Crippen LogP) is 0.830. The Bertz CT molecular complexity index is 584. The molecular weight excluding hydrogens is 300 g/mol. The molecule has 2 aliphatic rings. The minimum atomic E-state index is -0.241. The zero-order valence-electron chi connectivity index (χ0n) is 12.8. The van der Waals surface area contributed by atoms with Gasteiger partial charge in [0.05, 0.1) is 6.10 Å². The molecule has 0 aliphatic carbocycles. The minimum Gasteiger partial charge on any atom is -0.454 e. The summed E-state index contributed by atoms with van der Waals surface area (Å²) in [6.07, 6.45) is 2.40. The van der Waals surface area contributed by atoms with Crippen LogP contribution in [0.3, 0.4) is 0 Å². The van der Waals surface area contributed by atoms with Crippen molar-refractivity contribution in [2.75, 3.05) is 26.5 Å². The van der Waals surface area contributed by atoms with Crippen molar-refractivity contribution in [1.82, 2.24) is 10.6 Å². The molecule has 7 heteroatoms. The normalized spacial score (nSPS) is 18.7. The van der Waals surface area contributed by atoms with Gasteiger partial charge in [-0.15, -0.1) is 0 Å². The monoisotopic (exact) mass is 320 g/mol. The molecule has 3 rings (SSSR count). The highest BCUT2D eigenvalue weighted by Crippen LogP contribution is 2.32. The Labute approximate surface area is 134 Å². The standard InChI is InChI=1S/C16H20N2O5/c19-15(18-9-12-2-1-7-21-12)5-6-17-16(20)11-3-4-13-14(8-11)23-10-22-13/h3-4,8,12H,1-2,5-7,9-10H2,(H,17,20)(H,18,19). The van der Waals surface area contributed by atoms with Crippen LogP contribution < -0.4 is 20.1 Å². The molecule has 0 saturated carbocycles. The summed E-state index contributed by atoms with van der Waals surface area (Å²) < 4.78 is 15.9. The number of rotatable bonds is 6. The zero-order chi connectivity index (χ0) is 16.1. The molecular formula is C16H20N2O5. The number of fused-ring (bicyclic) bond motifs is 1. The van der Waals surface area contributed by atoms with Gasteiger partial charge in [-0.3, -0.25) is 9.59 Å². The fraction of sp³-hybridized carbons (Fsp3) is 0.500. The second kappa shape index (κ2) is 7.32. The van der Waals surface area contributed by atoms with Crippen LogP contribution in [0.5, 0.6) is 11.5 Å². The van der Waals surface area contributed by atoms with Gasteiger partial charge in [-0.1, -0.05) is 0 Å². The number of carbonyl (C=O) groups excluding carboxylic acids is 2. The smallest absolute Gasteiger partial charge is 0.251 e. The van der Waals surface area contributed by atoms with E-state index in [1.54, 1.807) is 18.2 Å². The summed E-state index contributed by atoms with van der Waals surface area (Å²) in [4.78, 5) is 23.8. The molecule has 7 nitrogen and oxygen atoms in total. The topological polar surface area (TPSA) is 85.9 Å². The van der Waals surface area contributed by atoms with Crippen LogP contribution in [-0.2, 0) is 9.53 Å². The van der Waals surface area contributed by atoms with Crippen molar-refractivity contribution in [2.24, 2.45) is 0 Å². The van der Waals surface area contributed by atoms with Gasteiger partial charge in [-0.05, 0) is 31.0 Å². The maximum Gasteiger partial charge on any atom is 0.251 e. The summed E-state index contributed by atoms with van der Waals surface area (Å²) in [5.74, 6) is 0.865. The molecule has 1 aromatic rings. The molecule has 1 unspecified atom stereocenters. The van der Waals surface area contributed by atoms with Gasteiger partial charge in [0, 0.05) is 31.7 Å². The summed E-state index contributed by atoms with van der Waals surface area (Å²) in [5.41, 5.74) is 0.481. The van der Waals surface area contributed by atoms with Gasteiger partial charge in [-0.25, -0.2) is 0 Å². The van der Waals surface area contributed by atoms with Crippen molar-refractivity contribution in [1.29, 1.82) is 0 Å². The zero-order valence-corrected chi connectivity index (χ0v) is 12.8. The molecule has 1 fully saturated rings. The molecule has 0 spiro atoms. The lowest BCUT2D eigenvalue weighted by Crippen LogP contribution is -2.34. The molecule has 1 saturated heterocycles. The molecule has 0 aromatic heterocycles. The number of amides is 2. The van der Waals surface area contributed by atoms with E-state index in [1.807, 2.05) is 0 Å². The summed E-state index contributed by atoms with van der Waals surface area (Å²) in [7, 11) is 0. The molecule has 23 heavy (non-hydrogen) atoms. The molecule has 1 atom stereocenters. The van der Waals surface area contributed by atoms with Crippen molar-refractivity contribution in [3.63, 3.8) is 0 Å². The number of hydrogen-bond donors (Lipinski definition) is 2. The number of hydrogen-bond acceptors (Lipinski definition) is 5. The van der Waals surface area contributed by atoms with Crippen molar-refractivity contribution < 1.29 is 23.8 Å². The third kappa shape index (κ3) is 4.13. The van der Waals surface area contributed by atoms with Crippen LogP contribution in [0.25, 0.3) is 0 Å². The van der Waals surface area contributed by atoms with Crippen LogP contribution in [0.15, 0.2) is 18.2 Å². The van der Waals surface area contributed by atoms with Gasteiger partial charge in [0.25, 0.3) is 5.91 Å². The summed E-state index contributed by atoms with van der Waals surface area (Å²) >= 11 is 0. The number of nitrogens with one attached hydrogen (secondary N) is 2. The molecule has 2 amide bonds. The second-order valence-corrected chi connectivity index (χ2v) is 5.51. The Balaban J connectivity index is 1.38. The predicted molar refractivity (Wildman–Crippen MR) is 81.5 cm³/mol. The van der Waals surface area contributed by atoms with E-state index in [0.29, 0.717) is 23.6 Å². The lowest BCUT2D eigenvalue weighted by atomic mass is 10.2. The van der Waals surface area contributed by atoms with E-state index in [1.165, 1.54) is 0 Å². The average molecular weight is 320 g/mol. The number of benzene rings is 1.